The third kappa shape index (κ3) is 5.60. The van der Waals surface area contributed by atoms with Crippen molar-refractivity contribution in [2.24, 2.45) is 0 Å². The molecule has 3 rings (SSSR count). The molecule has 0 radical (unpaired) electrons. The van der Waals surface area contributed by atoms with Crippen molar-refractivity contribution in [1.82, 2.24) is 0 Å². The number of anilines is 1. The summed E-state index contributed by atoms with van der Waals surface area (Å²) in [6, 6.07) is 11.2. The van der Waals surface area contributed by atoms with E-state index in [9.17, 15) is 9.59 Å². The number of fused-ring (bicyclic) bond motifs is 1. The molecule has 0 saturated carbocycles. The van der Waals surface area contributed by atoms with Crippen LogP contribution in [0.3, 0.4) is 0 Å². The number of amides is 1. The van der Waals surface area contributed by atoms with Crippen molar-refractivity contribution in [2.75, 3.05) is 17.7 Å². The van der Waals surface area contributed by atoms with E-state index in [1.807, 2.05) is 18.2 Å². The monoisotopic (exact) mass is 414 g/mol. The first-order valence-corrected chi connectivity index (χ1v) is 11.1. The van der Waals surface area contributed by atoms with E-state index in [0.717, 1.165) is 30.6 Å². The zero-order chi connectivity index (χ0) is 19.8. The first-order chi connectivity index (χ1) is 13.7. The SMILES string of the molecule is N#CCSc1ccccc1NC(=O)COC(=O)c1cc2c(s1)CCCCCC2. The van der Waals surface area contributed by atoms with Gasteiger partial charge in [0.05, 0.1) is 17.5 Å². The highest BCUT2D eigenvalue weighted by Crippen LogP contribution is 2.29. The number of esters is 1. The van der Waals surface area contributed by atoms with Crippen LogP contribution in [0.25, 0.3) is 0 Å². The summed E-state index contributed by atoms with van der Waals surface area (Å²) in [6.45, 7) is -0.335. The Labute approximate surface area is 173 Å². The fourth-order valence-corrected chi connectivity index (χ4v) is 4.96. The molecule has 7 heteroatoms. The molecule has 0 spiro atoms. The summed E-state index contributed by atoms with van der Waals surface area (Å²) in [4.78, 5) is 27.2. The minimum Gasteiger partial charge on any atom is -0.451 e. The Hall–Kier alpha value is -2.30. The third-order valence-corrected chi connectivity index (χ3v) is 6.64. The maximum Gasteiger partial charge on any atom is 0.348 e. The molecule has 0 saturated heterocycles. The molecule has 1 aliphatic carbocycles. The molecule has 2 aromatic rings. The van der Waals surface area contributed by atoms with E-state index in [4.69, 9.17) is 10.00 Å². The van der Waals surface area contributed by atoms with Crippen LogP contribution in [0.4, 0.5) is 5.69 Å². The molecule has 0 unspecified atom stereocenters. The van der Waals surface area contributed by atoms with Gasteiger partial charge in [-0.05, 0) is 49.4 Å². The maximum absolute atomic E-state index is 12.4. The Morgan fingerprint density at radius 3 is 2.79 bits per heavy atom. The average Bonchev–Trinajstić information content (AvgIpc) is 3.07. The van der Waals surface area contributed by atoms with Gasteiger partial charge < -0.3 is 10.1 Å². The van der Waals surface area contributed by atoms with E-state index in [1.54, 1.807) is 12.1 Å². The van der Waals surface area contributed by atoms with Crippen molar-refractivity contribution in [3.63, 3.8) is 0 Å². The summed E-state index contributed by atoms with van der Waals surface area (Å²) in [5.74, 6) is -0.544. The zero-order valence-corrected chi connectivity index (χ0v) is 17.2. The quantitative estimate of drug-likeness (QED) is 0.542. The number of thioether (sulfide) groups is 1. The fourth-order valence-electron chi connectivity index (χ4n) is 3.14. The van der Waals surface area contributed by atoms with Gasteiger partial charge in [0.1, 0.15) is 4.88 Å². The van der Waals surface area contributed by atoms with Gasteiger partial charge >= 0.3 is 5.97 Å². The topological polar surface area (TPSA) is 79.2 Å². The number of rotatable bonds is 6. The van der Waals surface area contributed by atoms with E-state index >= 15 is 0 Å². The van der Waals surface area contributed by atoms with E-state index in [-0.39, 0.29) is 6.61 Å². The van der Waals surface area contributed by atoms with Gasteiger partial charge in [-0.15, -0.1) is 23.1 Å². The van der Waals surface area contributed by atoms with E-state index in [2.05, 4.69) is 11.4 Å². The Kier molecular flexibility index (Phi) is 7.52. The number of benzene rings is 1. The molecule has 0 bridgehead atoms. The average molecular weight is 415 g/mol. The Morgan fingerprint density at radius 1 is 1.18 bits per heavy atom. The number of nitrogens with zero attached hydrogens (tertiary/aromatic N) is 1. The molecular weight excluding hydrogens is 392 g/mol. The minimum absolute atomic E-state index is 0.297. The lowest BCUT2D eigenvalue weighted by Gasteiger charge is -2.09. The molecule has 1 N–H and O–H groups in total. The second kappa shape index (κ2) is 10.3. The number of nitriles is 1. The van der Waals surface area contributed by atoms with Crippen molar-refractivity contribution in [3.8, 4) is 6.07 Å². The van der Waals surface area contributed by atoms with Crippen LogP contribution >= 0.6 is 23.1 Å². The van der Waals surface area contributed by atoms with Crippen LogP contribution in [0.1, 0.15) is 45.8 Å². The maximum atomic E-state index is 12.4. The molecule has 0 fully saturated rings. The number of aryl methyl sites for hydroxylation is 2. The van der Waals surface area contributed by atoms with Crippen molar-refractivity contribution >= 4 is 40.7 Å². The summed E-state index contributed by atoms with van der Waals surface area (Å²) in [5, 5.41) is 11.5. The van der Waals surface area contributed by atoms with Crippen LogP contribution < -0.4 is 5.32 Å². The van der Waals surface area contributed by atoms with E-state index < -0.39 is 11.9 Å². The predicted molar refractivity (Wildman–Crippen MR) is 112 cm³/mol. The second-order valence-corrected chi connectivity index (χ2v) is 8.69. The van der Waals surface area contributed by atoms with Crippen molar-refractivity contribution in [3.05, 3.63) is 45.6 Å². The number of hydrogen-bond acceptors (Lipinski definition) is 6. The normalized spacial score (nSPS) is 13.5. The lowest BCUT2D eigenvalue weighted by atomic mass is 10.00. The van der Waals surface area contributed by atoms with Gasteiger partial charge in [0.2, 0.25) is 0 Å². The molecule has 1 aliphatic rings. The number of carbonyl (C=O) groups excluding carboxylic acids is 2. The van der Waals surface area contributed by atoms with Crippen LogP contribution in [0.2, 0.25) is 0 Å². The first-order valence-electron chi connectivity index (χ1n) is 9.34. The van der Waals surface area contributed by atoms with Crippen molar-refractivity contribution in [1.29, 1.82) is 5.26 Å². The van der Waals surface area contributed by atoms with Gasteiger partial charge in [-0.2, -0.15) is 5.26 Å². The molecule has 1 aromatic carbocycles. The van der Waals surface area contributed by atoms with Gasteiger partial charge in [-0.1, -0.05) is 25.0 Å². The highest BCUT2D eigenvalue weighted by Gasteiger charge is 2.18. The van der Waals surface area contributed by atoms with Crippen LogP contribution in [0.15, 0.2) is 35.2 Å². The lowest BCUT2D eigenvalue weighted by molar-refractivity contribution is -0.119. The molecule has 28 heavy (non-hydrogen) atoms. The van der Waals surface area contributed by atoms with Crippen LogP contribution in [-0.4, -0.2) is 24.2 Å². The standard InChI is InChI=1S/C21H22N2O3S2/c22-11-12-27-18-10-6-5-8-16(18)23-20(24)14-26-21(25)19-13-15-7-3-1-2-4-9-17(15)28-19/h5-6,8,10,13H,1-4,7,9,12,14H2,(H,23,24). The molecule has 146 valence electrons. The van der Waals surface area contributed by atoms with Crippen LogP contribution in [0.5, 0.6) is 0 Å². The van der Waals surface area contributed by atoms with Gasteiger partial charge in [-0.3, -0.25) is 4.79 Å². The predicted octanol–water partition coefficient (Wildman–Crippen LogP) is 4.82. The Bertz CT molecular complexity index is 861. The molecule has 1 heterocycles. The van der Waals surface area contributed by atoms with Gasteiger partial charge in [0, 0.05) is 9.77 Å². The summed E-state index contributed by atoms with van der Waals surface area (Å²) >= 11 is 2.84. The third-order valence-electron chi connectivity index (χ3n) is 4.49. The summed E-state index contributed by atoms with van der Waals surface area (Å²) in [5.41, 5.74) is 1.87. The second-order valence-electron chi connectivity index (χ2n) is 6.54. The van der Waals surface area contributed by atoms with Crippen LogP contribution in [-0.2, 0) is 22.4 Å². The summed E-state index contributed by atoms with van der Waals surface area (Å²) < 4.78 is 5.22. The molecule has 5 nitrogen and oxygen atoms in total. The van der Waals surface area contributed by atoms with Gasteiger partial charge in [0.15, 0.2) is 6.61 Å². The van der Waals surface area contributed by atoms with Crippen molar-refractivity contribution < 1.29 is 14.3 Å². The number of thiophene rings is 1. The zero-order valence-electron chi connectivity index (χ0n) is 15.5. The first kappa shape index (κ1) is 20.4. The van der Waals surface area contributed by atoms with E-state index in [0.29, 0.717) is 16.3 Å². The minimum atomic E-state index is -0.445. The summed E-state index contributed by atoms with van der Waals surface area (Å²) in [7, 11) is 0. The smallest absolute Gasteiger partial charge is 0.348 e. The number of ether oxygens (including phenoxy) is 1. The summed E-state index contributed by atoms with van der Waals surface area (Å²) in [6.07, 6.45) is 6.83. The fraction of sp³-hybridized carbons (Fsp3) is 0.381. The number of para-hydroxylation sites is 1. The van der Waals surface area contributed by atoms with E-state index in [1.165, 1.54) is 46.4 Å². The van der Waals surface area contributed by atoms with Crippen molar-refractivity contribution in [2.45, 2.75) is 43.4 Å². The molecule has 0 aliphatic heterocycles. The molecule has 1 amide bonds. The lowest BCUT2D eigenvalue weighted by Crippen LogP contribution is -2.21. The van der Waals surface area contributed by atoms with Gasteiger partial charge in [0.25, 0.3) is 5.91 Å². The Balaban J connectivity index is 1.56. The molecule has 0 atom stereocenters. The number of hydrogen-bond donors (Lipinski definition) is 1. The van der Waals surface area contributed by atoms with Gasteiger partial charge in [-0.25, -0.2) is 4.79 Å². The number of nitrogens with one attached hydrogen (secondary N) is 1. The Morgan fingerprint density at radius 2 is 1.96 bits per heavy atom. The highest BCUT2D eigenvalue weighted by molar-refractivity contribution is 7.99. The number of carbonyl (C=O) groups is 2. The highest BCUT2D eigenvalue weighted by atomic mass is 32.2. The molecule has 1 aromatic heterocycles. The molecular formula is C21H22N2O3S2. The largest absolute Gasteiger partial charge is 0.451 e. The van der Waals surface area contributed by atoms with Crippen LogP contribution in [0, 0.1) is 11.3 Å².